The summed E-state index contributed by atoms with van der Waals surface area (Å²) in [5.41, 5.74) is 8.48. The summed E-state index contributed by atoms with van der Waals surface area (Å²) in [5, 5.41) is 19.8. The third kappa shape index (κ3) is 5.82. The Morgan fingerprint density at radius 3 is 2.81 bits per heavy atom. The van der Waals surface area contributed by atoms with Crippen LogP contribution < -0.4 is 16.4 Å². The fourth-order valence-corrected chi connectivity index (χ4v) is 4.12. The lowest BCUT2D eigenvalue weighted by Gasteiger charge is -2.19. The van der Waals surface area contributed by atoms with Crippen molar-refractivity contribution in [3.8, 4) is 5.69 Å². The van der Waals surface area contributed by atoms with Crippen molar-refractivity contribution in [1.82, 2.24) is 25.1 Å². The molecule has 2 atom stereocenters. The zero-order valence-corrected chi connectivity index (χ0v) is 20.5. The van der Waals surface area contributed by atoms with Crippen molar-refractivity contribution in [2.24, 2.45) is 5.73 Å². The number of benzene rings is 1. The van der Waals surface area contributed by atoms with Crippen molar-refractivity contribution in [2.75, 3.05) is 32.1 Å². The fourth-order valence-electron chi connectivity index (χ4n) is 4.12. The van der Waals surface area contributed by atoms with Gasteiger partial charge >= 0.3 is 6.03 Å². The van der Waals surface area contributed by atoms with Crippen molar-refractivity contribution >= 4 is 23.6 Å². The van der Waals surface area contributed by atoms with Crippen LogP contribution in [0.25, 0.3) is 11.3 Å². The van der Waals surface area contributed by atoms with Crippen molar-refractivity contribution in [3.63, 3.8) is 0 Å². The van der Waals surface area contributed by atoms with Gasteiger partial charge in [0.25, 0.3) is 0 Å². The number of urea groups is 1. The summed E-state index contributed by atoms with van der Waals surface area (Å²) in [6.07, 6.45) is 3.14. The number of hydrogen-bond donors (Lipinski definition) is 4. The van der Waals surface area contributed by atoms with Gasteiger partial charge in [-0.1, -0.05) is 18.2 Å². The first-order valence-corrected chi connectivity index (χ1v) is 11.6. The predicted molar refractivity (Wildman–Crippen MR) is 137 cm³/mol. The molecule has 1 aromatic carbocycles. The number of nitrogens with one attached hydrogen (secondary N) is 3. The number of nitrogens with two attached hydrogens (primary N) is 1. The second kappa shape index (κ2) is 11.7. The third-order valence-electron chi connectivity index (χ3n) is 5.93. The highest BCUT2D eigenvalue weighted by Gasteiger charge is 2.37. The molecule has 194 valence electrons. The van der Waals surface area contributed by atoms with E-state index in [1.807, 2.05) is 30.3 Å². The smallest absolute Gasteiger partial charge is 0.320 e. The van der Waals surface area contributed by atoms with E-state index in [-0.39, 0.29) is 0 Å². The molecule has 0 spiro atoms. The number of ether oxygens (including phenoxy) is 1. The maximum Gasteiger partial charge on any atom is 0.320 e. The number of pyridine rings is 1. The second-order valence-corrected chi connectivity index (χ2v) is 8.36. The Bertz CT molecular complexity index is 1280. The summed E-state index contributed by atoms with van der Waals surface area (Å²) in [6, 6.07) is 11.2. The number of para-hydroxylation sites is 1. The van der Waals surface area contributed by atoms with Gasteiger partial charge in [-0.25, -0.2) is 14.5 Å². The molecule has 1 aliphatic rings. The van der Waals surface area contributed by atoms with E-state index in [1.165, 1.54) is 18.5 Å². The predicted octanol–water partition coefficient (Wildman–Crippen LogP) is 2.79. The largest absolute Gasteiger partial charge is 0.404 e. The molecule has 11 nitrogen and oxygen atoms in total. The molecule has 3 heterocycles. The van der Waals surface area contributed by atoms with Crippen LogP contribution in [0.2, 0.25) is 0 Å². The molecule has 4 rings (SSSR count). The van der Waals surface area contributed by atoms with Crippen molar-refractivity contribution in [3.05, 3.63) is 77.6 Å². The SMILES string of the molecule is COCCN1C[C@@H](NC(=O)Nc2c(C)c(/C(C=N)=C/N)nn2-c2ccccc2)[C@H](c2ccnc(F)c2)O1. The Balaban J connectivity index is 1.60. The number of carbonyl (C=O) groups is 1. The van der Waals surface area contributed by atoms with Crippen molar-refractivity contribution in [1.29, 1.82) is 5.41 Å². The minimum atomic E-state index is -0.635. The molecule has 2 aromatic heterocycles. The Morgan fingerprint density at radius 2 is 2.14 bits per heavy atom. The van der Waals surface area contributed by atoms with Gasteiger partial charge in [-0.05, 0) is 36.8 Å². The standard InChI is InChI=1S/C25H29FN8O3/c1-16-22(18(13-27)14-28)32-34(19-6-4-3-5-7-19)24(16)31-25(35)30-20-15-33(10-11-36-2)37-23(20)17-8-9-29-21(26)12-17/h3-9,12-14,20,23,27H,10-11,15,28H2,1-2H3,(H2,30,31,35)/b18-14+,27-13?/t20-,23+/m1/s1. The first-order chi connectivity index (χ1) is 17.9. The highest BCUT2D eigenvalue weighted by Crippen LogP contribution is 2.30. The zero-order chi connectivity index (χ0) is 26.4. The van der Waals surface area contributed by atoms with E-state index >= 15 is 0 Å². The maximum atomic E-state index is 13.8. The molecular weight excluding hydrogens is 479 g/mol. The molecular formula is C25H29FN8O3. The van der Waals surface area contributed by atoms with Gasteiger partial charge in [-0.2, -0.15) is 14.6 Å². The maximum absolute atomic E-state index is 13.8. The molecule has 0 bridgehead atoms. The Labute approximate surface area is 213 Å². The van der Waals surface area contributed by atoms with Crippen LogP contribution >= 0.6 is 0 Å². The number of allylic oxidation sites excluding steroid dienone is 1. The van der Waals surface area contributed by atoms with Gasteiger partial charge in [0.2, 0.25) is 5.95 Å². The molecule has 1 saturated heterocycles. The summed E-state index contributed by atoms with van der Waals surface area (Å²) in [5.74, 6) is -0.217. The molecule has 0 aliphatic carbocycles. The molecule has 12 heteroatoms. The third-order valence-corrected chi connectivity index (χ3v) is 5.93. The van der Waals surface area contributed by atoms with E-state index in [9.17, 15) is 9.18 Å². The Morgan fingerprint density at radius 1 is 1.35 bits per heavy atom. The Kier molecular flexibility index (Phi) is 8.23. The minimum Gasteiger partial charge on any atom is -0.404 e. The molecule has 1 fully saturated rings. The van der Waals surface area contributed by atoms with E-state index in [4.69, 9.17) is 20.7 Å². The van der Waals surface area contributed by atoms with Crippen LogP contribution in [-0.4, -0.2) is 64.9 Å². The monoisotopic (exact) mass is 508 g/mol. The lowest BCUT2D eigenvalue weighted by atomic mass is 10.0. The molecule has 0 radical (unpaired) electrons. The summed E-state index contributed by atoms with van der Waals surface area (Å²) in [6.45, 7) is 3.06. The topological polar surface area (TPSA) is 143 Å². The van der Waals surface area contributed by atoms with Crippen LogP contribution in [0.4, 0.5) is 15.0 Å². The number of hydroxylamine groups is 2. The van der Waals surface area contributed by atoms with Gasteiger partial charge in [-0.15, -0.1) is 0 Å². The van der Waals surface area contributed by atoms with Crippen LogP contribution in [0.1, 0.15) is 22.9 Å². The molecule has 1 aliphatic heterocycles. The van der Waals surface area contributed by atoms with Crippen LogP contribution in [0.3, 0.4) is 0 Å². The first-order valence-electron chi connectivity index (χ1n) is 11.6. The molecule has 0 saturated carbocycles. The van der Waals surface area contributed by atoms with Crippen molar-refractivity contribution in [2.45, 2.75) is 19.1 Å². The number of nitrogens with zero attached hydrogens (tertiary/aromatic N) is 4. The first kappa shape index (κ1) is 25.9. The lowest BCUT2D eigenvalue weighted by Crippen LogP contribution is -2.42. The number of hydrogen-bond acceptors (Lipinski definition) is 8. The number of halogens is 1. The molecule has 0 unspecified atom stereocenters. The number of rotatable bonds is 9. The van der Waals surface area contributed by atoms with Gasteiger partial charge in [0, 0.05) is 49.9 Å². The van der Waals surface area contributed by atoms with Gasteiger partial charge < -0.3 is 21.2 Å². The lowest BCUT2D eigenvalue weighted by molar-refractivity contribution is -0.154. The summed E-state index contributed by atoms with van der Waals surface area (Å²) >= 11 is 0. The molecule has 5 N–H and O–H groups in total. The second-order valence-electron chi connectivity index (χ2n) is 8.36. The quantitative estimate of drug-likeness (QED) is 0.257. The van der Waals surface area contributed by atoms with Gasteiger partial charge in [-0.3, -0.25) is 10.2 Å². The van der Waals surface area contributed by atoms with Crippen LogP contribution in [0.15, 0.2) is 54.9 Å². The van der Waals surface area contributed by atoms with E-state index in [0.717, 1.165) is 6.21 Å². The minimum absolute atomic E-state index is 0.363. The molecule has 3 aromatic rings. The van der Waals surface area contributed by atoms with E-state index in [0.29, 0.717) is 53.6 Å². The van der Waals surface area contributed by atoms with Gasteiger partial charge in [0.15, 0.2) is 0 Å². The highest BCUT2D eigenvalue weighted by atomic mass is 19.1. The summed E-state index contributed by atoms with van der Waals surface area (Å²) in [7, 11) is 1.59. The van der Waals surface area contributed by atoms with E-state index in [2.05, 4.69) is 20.7 Å². The summed E-state index contributed by atoms with van der Waals surface area (Å²) in [4.78, 5) is 22.9. The van der Waals surface area contributed by atoms with Gasteiger partial charge in [0.05, 0.1) is 18.3 Å². The average molecular weight is 509 g/mol. The Hall–Kier alpha value is -4.13. The van der Waals surface area contributed by atoms with Crippen molar-refractivity contribution < 1.29 is 18.8 Å². The molecule has 2 amide bonds. The number of amides is 2. The number of aromatic nitrogens is 3. The fraction of sp³-hybridized carbons (Fsp3) is 0.280. The number of methoxy groups -OCH3 is 1. The van der Waals surface area contributed by atoms with E-state index < -0.39 is 24.1 Å². The zero-order valence-electron chi connectivity index (χ0n) is 20.5. The highest BCUT2D eigenvalue weighted by molar-refractivity contribution is 6.08. The van der Waals surface area contributed by atoms with Crippen LogP contribution in [0.5, 0.6) is 0 Å². The average Bonchev–Trinajstić information content (AvgIpc) is 3.45. The number of anilines is 1. The summed E-state index contributed by atoms with van der Waals surface area (Å²) < 4.78 is 20.6. The van der Waals surface area contributed by atoms with Gasteiger partial charge in [0.1, 0.15) is 17.6 Å². The van der Waals surface area contributed by atoms with Crippen LogP contribution in [-0.2, 0) is 9.57 Å². The van der Waals surface area contributed by atoms with E-state index in [1.54, 1.807) is 29.8 Å². The number of carbonyl (C=O) groups excluding carboxylic acids is 1. The molecule has 37 heavy (non-hydrogen) atoms. The van der Waals surface area contributed by atoms with Crippen LogP contribution in [0, 0.1) is 18.3 Å². The normalized spacial score (nSPS) is 18.1.